The van der Waals surface area contributed by atoms with E-state index < -0.39 is 5.91 Å². The van der Waals surface area contributed by atoms with Crippen LogP contribution in [-0.4, -0.2) is 52.3 Å². The Kier molecular flexibility index (Phi) is 6.97. The molecule has 5 aromatic rings. The van der Waals surface area contributed by atoms with Crippen LogP contribution >= 0.6 is 22.7 Å². The van der Waals surface area contributed by atoms with E-state index in [2.05, 4.69) is 15.1 Å². The number of anilines is 4. The molecular formula is C29H26N6O3S2. The third-order valence-corrected chi connectivity index (χ3v) is 8.35. The predicted octanol–water partition coefficient (Wildman–Crippen LogP) is 5.51. The number of nitrogens with two attached hydrogens (primary N) is 1. The fraction of sp³-hybridized carbons (Fsp3) is 0.138. The van der Waals surface area contributed by atoms with Crippen molar-refractivity contribution in [1.29, 1.82) is 0 Å². The molecule has 1 aliphatic heterocycles. The Bertz CT molecular complexity index is 1680. The van der Waals surface area contributed by atoms with Gasteiger partial charge in [-0.3, -0.25) is 4.79 Å². The molecule has 0 aliphatic carbocycles. The fourth-order valence-electron chi connectivity index (χ4n) is 4.66. The van der Waals surface area contributed by atoms with Gasteiger partial charge < -0.3 is 31.1 Å². The van der Waals surface area contributed by atoms with Gasteiger partial charge in [0.2, 0.25) is 5.91 Å². The number of hydrogen-bond donors (Lipinski definition) is 4. The number of rotatable bonds is 7. The summed E-state index contributed by atoms with van der Waals surface area (Å²) in [5, 5.41) is 28.6. The second-order valence-electron chi connectivity index (χ2n) is 9.35. The molecule has 5 N–H and O–H groups in total. The highest BCUT2D eigenvalue weighted by Gasteiger charge is 2.23. The van der Waals surface area contributed by atoms with Crippen LogP contribution in [0.15, 0.2) is 77.5 Å². The zero-order valence-corrected chi connectivity index (χ0v) is 23.0. The Morgan fingerprint density at radius 1 is 0.800 bits per heavy atom. The van der Waals surface area contributed by atoms with Gasteiger partial charge in [-0.1, -0.05) is 24.3 Å². The van der Waals surface area contributed by atoms with Crippen molar-refractivity contribution in [2.75, 3.05) is 41.3 Å². The van der Waals surface area contributed by atoms with E-state index in [9.17, 15) is 15.0 Å². The number of amides is 1. The van der Waals surface area contributed by atoms with Crippen molar-refractivity contribution in [3.05, 3.63) is 83.1 Å². The Hall–Kier alpha value is -4.61. The van der Waals surface area contributed by atoms with Crippen molar-refractivity contribution in [2.24, 2.45) is 5.73 Å². The number of phenolic OH excluding ortho intramolecular Hbond substituents is 2. The number of primary amides is 1. The minimum atomic E-state index is -0.495. The van der Waals surface area contributed by atoms with E-state index in [0.717, 1.165) is 65.2 Å². The summed E-state index contributed by atoms with van der Waals surface area (Å²) in [6.45, 7) is 3.09. The number of nitrogens with one attached hydrogen (secondary N) is 1. The summed E-state index contributed by atoms with van der Waals surface area (Å²) in [5.41, 5.74) is 11.0. The summed E-state index contributed by atoms with van der Waals surface area (Å²) in [4.78, 5) is 26.0. The van der Waals surface area contributed by atoms with Crippen LogP contribution in [0.4, 0.5) is 21.6 Å². The van der Waals surface area contributed by atoms with Gasteiger partial charge in [-0.15, -0.1) is 22.7 Å². The number of piperazine rings is 1. The summed E-state index contributed by atoms with van der Waals surface area (Å²) in [7, 11) is 0. The molecule has 1 saturated heterocycles. The van der Waals surface area contributed by atoms with E-state index >= 15 is 0 Å². The highest BCUT2D eigenvalue weighted by molar-refractivity contribution is 7.14. The lowest BCUT2D eigenvalue weighted by atomic mass is 10.1. The minimum Gasteiger partial charge on any atom is -0.508 e. The van der Waals surface area contributed by atoms with Gasteiger partial charge >= 0.3 is 0 Å². The van der Waals surface area contributed by atoms with E-state index in [4.69, 9.17) is 15.7 Å². The zero-order chi connectivity index (χ0) is 27.6. The molecule has 0 radical (unpaired) electrons. The second kappa shape index (κ2) is 10.9. The lowest BCUT2D eigenvalue weighted by Gasteiger charge is -2.37. The van der Waals surface area contributed by atoms with Crippen molar-refractivity contribution in [1.82, 2.24) is 9.97 Å². The Morgan fingerprint density at radius 2 is 1.43 bits per heavy atom. The number of nitrogens with zero attached hydrogens (tertiary/aromatic N) is 4. The average Bonchev–Trinajstić information content (AvgIpc) is 3.64. The largest absolute Gasteiger partial charge is 0.508 e. The normalized spacial score (nSPS) is 13.4. The molecule has 1 amide bonds. The molecule has 6 rings (SSSR count). The fourth-order valence-corrected chi connectivity index (χ4v) is 6.28. The maximum absolute atomic E-state index is 12.0. The van der Waals surface area contributed by atoms with Gasteiger partial charge in [0.15, 0.2) is 10.3 Å². The van der Waals surface area contributed by atoms with E-state index in [1.807, 2.05) is 35.0 Å². The Balaban J connectivity index is 1.19. The summed E-state index contributed by atoms with van der Waals surface area (Å²) in [6, 6.07) is 19.5. The van der Waals surface area contributed by atoms with Gasteiger partial charge in [0.25, 0.3) is 0 Å². The number of thiazole rings is 2. The van der Waals surface area contributed by atoms with Gasteiger partial charge in [-0.05, 0) is 42.5 Å². The predicted molar refractivity (Wildman–Crippen MR) is 161 cm³/mol. The maximum Gasteiger partial charge on any atom is 0.248 e. The van der Waals surface area contributed by atoms with E-state index in [1.54, 1.807) is 53.8 Å². The standard InChI is InChI=1S/C29H26N6O3S2/c30-27(38)20-7-8-26(23(15-20)31-28-32-24(16-39-28)18-3-1-5-21(36)13-18)34-9-11-35(12-10-34)29-33-25(17-40-29)19-4-2-6-22(37)14-19/h1-8,13-17,36-37H,9-12H2,(H2,30,38)(H,31,32). The second-order valence-corrected chi connectivity index (χ2v) is 11.0. The van der Waals surface area contributed by atoms with Crippen molar-refractivity contribution in [3.63, 3.8) is 0 Å². The van der Waals surface area contributed by atoms with Gasteiger partial charge in [-0.25, -0.2) is 9.97 Å². The lowest BCUT2D eigenvalue weighted by molar-refractivity contribution is 0.100. The molecule has 0 bridgehead atoms. The Morgan fingerprint density at radius 3 is 2.08 bits per heavy atom. The van der Waals surface area contributed by atoms with Crippen molar-refractivity contribution in [3.8, 4) is 34.0 Å². The lowest BCUT2D eigenvalue weighted by Crippen LogP contribution is -2.46. The quantitative estimate of drug-likeness (QED) is 0.202. The van der Waals surface area contributed by atoms with Crippen LogP contribution in [0.2, 0.25) is 0 Å². The number of hydrogen-bond acceptors (Lipinski definition) is 10. The molecule has 202 valence electrons. The van der Waals surface area contributed by atoms with Crippen LogP contribution in [0, 0.1) is 0 Å². The van der Waals surface area contributed by atoms with Crippen LogP contribution in [0.5, 0.6) is 11.5 Å². The summed E-state index contributed by atoms with van der Waals surface area (Å²) in [6.07, 6.45) is 0. The highest BCUT2D eigenvalue weighted by atomic mass is 32.1. The molecule has 3 heterocycles. The van der Waals surface area contributed by atoms with Crippen LogP contribution in [0.3, 0.4) is 0 Å². The number of phenols is 2. The average molecular weight is 571 g/mol. The monoisotopic (exact) mass is 570 g/mol. The summed E-state index contributed by atoms with van der Waals surface area (Å²) < 4.78 is 0. The number of benzene rings is 3. The first-order valence-electron chi connectivity index (χ1n) is 12.6. The first-order chi connectivity index (χ1) is 19.4. The molecular weight excluding hydrogens is 544 g/mol. The SMILES string of the molecule is NC(=O)c1ccc(N2CCN(c3nc(-c4cccc(O)c4)cs3)CC2)c(Nc2nc(-c3cccc(O)c3)cs2)c1. The number of carbonyl (C=O) groups excluding carboxylic acids is 1. The topological polar surface area (TPSA) is 128 Å². The molecule has 0 spiro atoms. The number of aromatic nitrogens is 2. The molecule has 0 saturated carbocycles. The van der Waals surface area contributed by atoms with Gasteiger partial charge in [0, 0.05) is 53.6 Å². The highest BCUT2D eigenvalue weighted by Crippen LogP contribution is 2.35. The van der Waals surface area contributed by atoms with Gasteiger partial charge in [0.1, 0.15) is 11.5 Å². The van der Waals surface area contributed by atoms with Crippen molar-refractivity contribution >= 4 is 50.2 Å². The molecule has 40 heavy (non-hydrogen) atoms. The van der Waals surface area contributed by atoms with E-state index in [0.29, 0.717) is 10.7 Å². The third-order valence-electron chi connectivity index (χ3n) is 6.69. The summed E-state index contributed by atoms with van der Waals surface area (Å²) >= 11 is 3.04. The molecule has 9 nitrogen and oxygen atoms in total. The molecule has 1 aliphatic rings. The van der Waals surface area contributed by atoms with Crippen LogP contribution in [-0.2, 0) is 0 Å². The molecule has 1 fully saturated rings. The van der Waals surface area contributed by atoms with Gasteiger partial charge in [-0.2, -0.15) is 0 Å². The Labute approximate surface area is 238 Å². The number of carbonyl (C=O) groups is 1. The first kappa shape index (κ1) is 25.7. The smallest absolute Gasteiger partial charge is 0.248 e. The van der Waals surface area contributed by atoms with Crippen molar-refractivity contribution < 1.29 is 15.0 Å². The van der Waals surface area contributed by atoms with Crippen LogP contribution < -0.4 is 20.9 Å². The van der Waals surface area contributed by atoms with Crippen molar-refractivity contribution in [2.45, 2.75) is 0 Å². The molecule has 0 atom stereocenters. The molecule has 0 unspecified atom stereocenters. The summed E-state index contributed by atoms with van der Waals surface area (Å²) in [5.74, 6) is -0.0879. The zero-order valence-electron chi connectivity index (χ0n) is 21.3. The third kappa shape index (κ3) is 5.42. The molecule has 2 aromatic heterocycles. The van der Waals surface area contributed by atoms with Crippen LogP contribution in [0.25, 0.3) is 22.5 Å². The maximum atomic E-state index is 12.0. The van der Waals surface area contributed by atoms with E-state index in [-0.39, 0.29) is 11.5 Å². The van der Waals surface area contributed by atoms with Gasteiger partial charge in [0.05, 0.1) is 22.8 Å². The molecule has 11 heteroatoms. The van der Waals surface area contributed by atoms with Crippen LogP contribution in [0.1, 0.15) is 10.4 Å². The molecule has 3 aromatic carbocycles. The minimum absolute atomic E-state index is 0.184. The number of aromatic hydroxyl groups is 2. The first-order valence-corrected chi connectivity index (χ1v) is 14.4. The van der Waals surface area contributed by atoms with E-state index in [1.165, 1.54) is 11.3 Å².